The van der Waals surface area contributed by atoms with Crippen LogP contribution in [-0.2, 0) is 4.57 Å². The third-order valence-electron chi connectivity index (χ3n) is 1.21. The number of hydrogen-bond donors (Lipinski definition) is 1. The maximum Gasteiger partial charge on any atom is 0.342 e. The van der Waals surface area contributed by atoms with Gasteiger partial charge in [0.1, 0.15) is 5.60 Å². The van der Waals surface area contributed by atoms with Crippen molar-refractivity contribution in [3.63, 3.8) is 0 Å². The highest BCUT2D eigenvalue weighted by atomic mass is 31.1. The predicted molar refractivity (Wildman–Crippen MR) is 53.1 cm³/mol. The fourth-order valence-electron chi connectivity index (χ4n) is 1.02. The molecular weight excluding hydrogens is 171 g/mol. The van der Waals surface area contributed by atoms with Crippen molar-refractivity contribution in [2.24, 2.45) is 5.41 Å². The molecular formula is C9H20O2P+. The van der Waals surface area contributed by atoms with Crippen LogP contribution in [0.3, 0.4) is 0 Å². The maximum atomic E-state index is 11.5. The zero-order valence-electron chi connectivity index (χ0n) is 8.72. The van der Waals surface area contributed by atoms with E-state index in [1.165, 1.54) is 0 Å². The van der Waals surface area contributed by atoms with Gasteiger partial charge in [0, 0.05) is 5.41 Å². The highest BCUT2D eigenvalue weighted by molar-refractivity contribution is 7.44. The van der Waals surface area contributed by atoms with Gasteiger partial charge in [-0.2, -0.15) is 0 Å². The molecule has 1 atom stereocenters. The molecule has 3 heteroatoms. The Morgan fingerprint density at radius 3 is 1.75 bits per heavy atom. The second-order valence-corrected chi connectivity index (χ2v) is 6.77. The summed E-state index contributed by atoms with van der Waals surface area (Å²) < 4.78 is 11.5. The number of rotatable bonds is 3. The lowest BCUT2D eigenvalue weighted by atomic mass is 10.0. The summed E-state index contributed by atoms with van der Waals surface area (Å²) in [5.74, 6) is 0. The van der Waals surface area contributed by atoms with E-state index in [9.17, 15) is 9.67 Å². The average molecular weight is 191 g/mol. The zero-order valence-corrected chi connectivity index (χ0v) is 9.61. The summed E-state index contributed by atoms with van der Waals surface area (Å²) in [7, 11) is -1.26. The Hall–Kier alpha value is 0.0600. The van der Waals surface area contributed by atoms with E-state index in [2.05, 4.69) is 20.8 Å². The highest BCUT2D eigenvalue weighted by Gasteiger charge is 2.31. The van der Waals surface area contributed by atoms with Gasteiger partial charge in [0.15, 0.2) is 12.3 Å². The standard InChI is InChI=1S/C9H20O2P/c1-8(2,3)6-12(11)7-9(4,5)10/h10H,6-7H2,1-5H3/q+1. The van der Waals surface area contributed by atoms with Crippen molar-refractivity contribution in [2.45, 2.75) is 40.2 Å². The lowest BCUT2D eigenvalue weighted by Gasteiger charge is -2.14. The van der Waals surface area contributed by atoms with Gasteiger partial charge in [-0.3, -0.25) is 0 Å². The molecule has 0 rings (SSSR count). The first-order valence-corrected chi connectivity index (χ1v) is 5.88. The monoisotopic (exact) mass is 191 g/mol. The Morgan fingerprint density at radius 1 is 1.08 bits per heavy atom. The molecule has 0 fully saturated rings. The molecule has 2 nitrogen and oxygen atoms in total. The first-order chi connectivity index (χ1) is 5.10. The highest BCUT2D eigenvalue weighted by Crippen LogP contribution is 2.33. The minimum Gasteiger partial charge on any atom is -0.386 e. The van der Waals surface area contributed by atoms with Gasteiger partial charge in [-0.15, -0.1) is 0 Å². The van der Waals surface area contributed by atoms with Crippen molar-refractivity contribution in [3.05, 3.63) is 0 Å². The third-order valence-corrected chi connectivity index (χ3v) is 3.64. The maximum absolute atomic E-state index is 11.5. The van der Waals surface area contributed by atoms with Crippen LogP contribution in [0.4, 0.5) is 0 Å². The molecule has 72 valence electrons. The van der Waals surface area contributed by atoms with Crippen LogP contribution in [0.25, 0.3) is 0 Å². The van der Waals surface area contributed by atoms with Crippen LogP contribution >= 0.6 is 7.80 Å². The first-order valence-electron chi connectivity index (χ1n) is 4.25. The van der Waals surface area contributed by atoms with E-state index < -0.39 is 13.4 Å². The largest absolute Gasteiger partial charge is 0.386 e. The molecule has 12 heavy (non-hydrogen) atoms. The van der Waals surface area contributed by atoms with Gasteiger partial charge in [0.2, 0.25) is 0 Å². The summed E-state index contributed by atoms with van der Waals surface area (Å²) >= 11 is 0. The van der Waals surface area contributed by atoms with Crippen molar-refractivity contribution in [1.82, 2.24) is 0 Å². The normalized spacial score (nSPS) is 14.7. The van der Waals surface area contributed by atoms with E-state index >= 15 is 0 Å². The molecule has 1 unspecified atom stereocenters. The Kier molecular flexibility index (Phi) is 3.87. The van der Waals surface area contributed by atoms with E-state index in [1.807, 2.05) is 0 Å². The SMILES string of the molecule is CC(C)(C)C[P+](=O)CC(C)(C)O. The quantitative estimate of drug-likeness (QED) is 0.696. The molecule has 0 bridgehead atoms. The fourth-order valence-corrected chi connectivity index (χ4v) is 3.05. The van der Waals surface area contributed by atoms with Crippen LogP contribution in [0, 0.1) is 5.41 Å². The molecule has 0 aromatic rings. The molecule has 1 N–H and O–H groups in total. The lowest BCUT2D eigenvalue weighted by molar-refractivity contribution is 0.105. The Labute approximate surface area is 76.2 Å². The Morgan fingerprint density at radius 2 is 1.50 bits per heavy atom. The third kappa shape index (κ3) is 8.16. The molecule has 0 aromatic heterocycles. The van der Waals surface area contributed by atoms with E-state index in [1.54, 1.807) is 13.8 Å². The molecule has 0 heterocycles. The second-order valence-electron chi connectivity index (χ2n) is 5.17. The van der Waals surface area contributed by atoms with Crippen molar-refractivity contribution in [2.75, 3.05) is 12.3 Å². The van der Waals surface area contributed by atoms with Crippen molar-refractivity contribution < 1.29 is 9.67 Å². The van der Waals surface area contributed by atoms with Gasteiger partial charge in [-0.1, -0.05) is 25.3 Å². The van der Waals surface area contributed by atoms with Crippen LogP contribution < -0.4 is 0 Å². The van der Waals surface area contributed by atoms with Crippen molar-refractivity contribution in [3.8, 4) is 0 Å². The topological polar surface area (TPSA) is 37.3 Å². The van der Waals surface area contributed by atoms with Crippen LogP contribution in [0.15, 0.2) is 0 Å². The van der Waals surface area contributed by atoms with Gasteiger partial charge in [0.05, 0.1) is 0 Å². The molecule has 0 aliphatic carbocycles. The van der Waals surface area contributed by atoms with E-state index in [-0.39, 0.29) is 5.41 Å². The fraction of sp³-hybridized carbons (Fsp3) is 1.00. The summed E-state index contributed by atoms with van der Waals surface area (Å²) in [6, 6.07) is 0. The second kappa shape index (κ2) is 3.85. The molecule has 0 saturated heterocycles. The summed E-state index contributed by atoms with van der Waals surface area (Å²) in [5.41, 5.74) is -0.697. The van der Waals surface area contributed by atoms with E-state index in [0.29, 0.717) is 12.3 Å². The average Bonchev–Trinajstić information content (AvgIpc) is 1.49. The van der Waals surface area contributed by atoms with Gasteiger partial charge in [0.25, 0.3) is 0 Å². The molecule has 0 aliphatic heterocycles. The van der Waals surface area contributed by atoms with Gasteiger partial charge in [-0.05, 0) is 13.8 Å². The van der Waals surface area contributed by atoms with Crippen LogP contribution in [0.2, 0.25) is 0 Å². The number of aliphatic hydroxyl groups is 1. The van der Waals surface area contributed by atoms with Gasteiger partial charge < -0.3 is 5.11 Å². The Bertz CT molecular complexity index is 144. The molecule has 0 aromatic carbocycles. The number of hydrogen-bond acceptors (Lipinski definition) is 2. The van der Waals surface area contributed by atoms with E-state index in [0.717, 1.165) is 0 Å². The molecule has 0 aliphatic rings. The van der Waals surface area contributed by atoms with Crippen molar-refractivity contribution >= 4 is 7.80 Å². The minimum absolute atomic E-state index is 0.0959. The van der Waals surface area contributed by atoms with Crippen LogP contribution in [0.5, 0.6) is 0 Å². The lowest BCUT2D eigenvalue weighted by Crippen LogP contribution is -2.23. The molecule has 0 saturated carbocycles. The van der Waals surface area contributed by atoms with Crippen molar-refractivity contribution in [1.29, 1.82) is 0 Å². The van der Waals surface area contributed by atoms with Gasteiger partial charge >= 0.3 is 7.80 Å². The minimum atomic E-state index is -1.26. The van der Waals surface area contributed by atoms with Crippen LogP contribution in [-0.4, -0.2) is 23.0 Å². The molecule has 0 spiro atoms. The summed E-state index contributed by atoms with van der Waals surface area (Å²) in [6.07, 6.45) is 1.09. The summed E-state index contributed by atoms with van der Waals surface area (Å²) in [6.45, 7) is 9.58. The molecule has 0 radical (unpaired) electrons. The molecule has 0 amide bonds. The summed E-state index contributed by atoms with van der Waals surface area (Å²) in [4.78, 5) is 0. The summed E-state index contributed by atoms with van der Waals surface area (Å²) in [5, 5.41) is 9.40. The first kappa shape index (κ1) is 12.1. The van der Waals surface area contributed by atoms with Gasteiger partial charge in [-0.25, -0.2) is 0 Å². The smallest absolute Gasteiger partial charge is 0.342 e. The van der Waals surface area contributed by atoms with Crippen LogP contribution in [0.1, 0.15) is 34.6 Å². The predicted octanol–water partition coefficient (Wildman–Crippen LogP) is 2.63. The Balaban J connectivity index is 3.92. The zero-order chi connectivity index (χ0) is 9.99. The van der Waals surface area contributed by atoms with E-state index in [4.69, 9.17) is 0 Å².